The quantitative estimate of drug-likeness (QED) is 0.652. The SMILES string of the molecule is CN(C)C(=O)C(c1ccccc1)c1ccc(NC(=O)C2CC(c3cccnc3)=NO2)cc1. The third kappa shape index (κ3) is 4.67. The van der Waals surface area contributed by atoms with Gasteiger partial charge in [-0.25, -0.2) is 0 Å². The van der Waals surface area contributed by atoms with Gasteiger partial charge < -0.3 is 15.1 Å². The van der Waals surface area contributed by atoms with Crippen molar-refractivity contribution in [2.75, 3.05) is 19.4 Å². The fraction of sp³-hybridized carbons (Fsp3) is 0.200. The predicted molar refractivity (Wildman–Crippen MR) is 122 cm³/mol. The number of likely N-dealkylation sites (N-methyl/N-ethyl adjacent to an activating group) is 1. The summed E-state index contributed by atoms with van der Waals surface area (Å²) in [5, 5.41) is 6.90. The number of rotatable bonds is 6. The fourth-order valence-electron chi connectivity index (χ4n) is 3.58. The van der Waals surface area contributed by atoms with Gasteiger partial charge in [0, 0.05) is 44.2 Å². The Balaban J connectivity index is 1.44. The third-order valence-electron chi connectivity index (χ3n) is 5.29. The lowest BCUT2D eigenvalue weighted by molar-refractivity contribution is -0.129. The van der Waals surface area contributed by atoms with Crippen molar-refractivity contribution in [2.45, 2.75) is 18.4 Å². The Morgan fingerprint density at radius 1 is 1.00 bits per heavy atom. The van der Waals surface area contributed by atoms with Gasteiger partial charge in [-0.15, -0.1) is 0 Å². The van der Waals surface area contributed by atoms with E-state index in [9.17, 15) is 9.59 Å². The highest BCUT2D eigenvalue weighted by atomic mass is 16.6. The molecule has 2 heterocycles. The number of pyridine rings is 1. The van der Waals surface area contributed by atoms with Crippen molar-refractivity contribution >= 4 is 23.2 Å². The van der Waals surface area contributed by atoms with E-state index in [1.807, 2.05) is 54.6 Å². The van der Waals surface area contributed by atoms with Crippen LogP contribution in [-0.4, -0.2) is 47.6 Å². The molecule has 1 aliphatic heterocycles. The fourth-order valence-corrected chi connectivity index (χ4v) is 3.58. The second-order valence-electron chi connectivity index (χ2n) is 7.77. The van der Waals surface area contributed by atoms with Gasteiger partial charge in [0.05, 0.1) is 11.6 Å². The summed E-state index contributed by atoms with van der Waals surface area (Å²) in [5.41, 5.74) is 3.93. The monoisotopic (exact) mass is 428 g/mol. The first kappa shape index (κ1) is 21.2. The van der Waals surface area contributed by atoms with Crippen LogP contribution in [0.5, 0.6) is 0 Å². The van der Waals surface area contributed by atoms with Crippen molar-refractivity contribution in [3.8, 4) is 0 Å². The van der Waals surface area contributed by atoms with E-state index >= 15 is 0 Å². The smallest absolute Gasteiger partial charge is 0.268 e. The minimum Gasteiger partial charge on any atom is -0.382 e. The molecule has 0 bridgehead atoms. The van der Waals surface area contributed by atoms with E-state index in [0.29, 0.717) is 17.8 Å². The third-order valence-corrected chi connectivity index (χ3v) is 5.29. The lowest BCUT2D eigenvalue weighted by atomic mass is 9.90. The average molecular weight is 428 g/mol. The van der Waals surface area contributed by atoms with Crippen LogP contribution in [0.15, 0.2) is 84.3 Å². The summed E-state index contributed by atoms with van der Waals surface area (Å²) in [6.45, 7) is 0. The summed E-state index contributed by atoms with van der Waals surface area (Å²) in [6.07, 6.45) is 3.06. The zero-order valence-corrected chi connectivity index (χ0v) is 17.9. The van der Waals surface area contributed by atoms with Crippen LogP contribution in [0.25, 0.3) is 0 Å². The van der Waals surface area contributed by atoms with Crippen LogP contribution in [0.3, 0.4) is 0 Å². The number of anilines is 1. The summed E-state index contributed by atoms with van der Waals surface area (Å²) >= 11 is 0. The zero-order valence-electron chi connectivity index (χ0n) is 17.9. The lowest BCUT2D eigenvalue weighted by Gasteiger charge is -2.21. The molecule has 1 aliphatic rings. The van der Waals surface area contributed by atoms with Crippen LogP contribution in [0, 0.1) is 0 Å². The molecular formula is C25H24N4O3. The van der Waals surface area contributed by atoms with Crippen LogP contribution in [0.4, 0.5) is 5.69 Å². The van der Waals surface area contributed by atoms with Gasteiger partial charge in [-0.05, 0) is 35.4 Å². The van der Waals surface area contributed by atoms with Crippen molar-refractivity contribution < 1.29 is 14.4 Å². The number of carbonyl (C=O) groups excluding carboxylic acids is 2. The minimum absolute atomic E-state index is 0.00702. The molecule has 2 atom stereocenters. The van der Waals surface area contributed by atoms with Crippen molar-refractivity contribution in [1.29, 1.82) is 0 Å². The number of nitrogens with one attached hydrogen (secondary N) is 1. The normalized spacial score (nSPS) is 15.9. The minimum atomic E-state index is -0.697. The Labute approximate surface area is 186 Å². The van der Waals surface area contributed by atoms with Crippen molar-refractivity contribution in [1.82, 2.24) is 9.88 Å². The lowest BCUT2D eigenvalue weighted by Crippen LogP contribution is -2.29. The Morgan fingerprint density at radius 2 is 1.72 bits per heavy atom. The number of aromatic nitrogens is 1. The number of hydrogen-bond acceptors (Lipinski definition) is 5. The highest BCUT2D eigenvalue weighted by Gasteiger charge is 2.29. The topological polar surface area (TPSA) is 83.9 Å². The largest absolute Gasteiger partial charge is 0.382 e. The second kappa shape index (κ2) is 9.43. The average Bonchev–Trinajstić information content (AvgIpc) is 3.32. The molecule has 2 amide bonds. The number of hydrogen-bond donors (Lipinski definition) is 1. The maximum Gasteiger partial charge on any atom is 0.268 e. The summed E-state index contributed by atoms with van der Waals surface area (Å²) < 4.78 is 0. The van der Waals surface area contributed by atoms with Gasteiger partial charge in [0.25, 0.3) is 5.91 Å². The molecule has 1 aromatic heterocycles. The summed E-state index contributed by atoms with van der Waals surface area (Å²) in [6, 6.07) is 20.7. The van der Waals surface area contributed by atoms with E-state index < -0.39 is 12.0 Å². The first-order valence-electron chi connectivity index (χ1n) is 10.3. The van der Waals surface area contributed by atoms with Crippen molar-refractivity contribution in [3.63, 3.8) is 0 Å². The molecule has 0 aliphatic carbocycles. The number of benzene rings is 2. The molecule has 2 aromatic carbocycles. The van der Waals surface area contributed by atoms with Crippen LogP contribution in [0.2, 0.25) is 0 Å². The number of carbonyl (C=O) groups is 2. The van der Waals surface area contributed by atoms with Gasteiger partial charge in [-0.1, -0.05) is 47.6 Å². The Bertz CT molecular complexity index is 1110. The summed E-state index contributed by atoms with van der Waals surface area (Å²) in [5.74, 6) is -0.693. The molecule has 0 saturated heterocycles. The van der Waals surface area contributed by atoms with E-state index in [0.717, 1.165) is 16.7 Å². The molecule has 3 aromatic rings. The predicted octanol–water partition coefficient (Wildman–Crippen LogP) is 3.43. The summed E-state index contributed by atoms with van der Waals surface area (Å²) in [7, 11) is 3.49. The van der Waals surface area contributed by atoms with Gasteiger partial charge in [0.15, 0.2) is 0 Å². The van der Waals surface area contributed by atoms with Crippen LogP contribution in [-0.2, 0) is 14.4 Å². The van der Waals surface area contributed by atoms with Crippen LogP contribution in [0.1, 0.15) is 29.0 Å². The number of nitrogens with zero attached hydrogens (tertiary/aromatic N) is 3. The van der Waals surface area contributed by atoms with E-state index in [1.165, 1.54) is 0 Å². The van der Waals surface area contributed by atoms with E-state index in [2.05, 4.69) is 15.5 Å². The van der Waals surface area contributed by atoms with Gasteiger partial charge >= 0.3 is 0 Å². The summed E-state index contributed by atoms with van der Waals surface area (Å²) in [4.78, 5) is 36.5. The van der Waals surface area contributed by atoms with Crippen LogP contribution < -0.4 is 5.32 Å². The Kier molecular flexibility index (Phi) is 6.26. The molecule has 4 rings (SSSR count). The first-order chi connectivity index (χ1) is 15.5. The van der Waals surface area contributed by atoms with E-state index in [4.69, 9.17) is 4.84 Å². The van der Waals surface area contributed by atoms with Gasteiger partial charge in [0.1, 0.15) is 0 Å². The molecule has 162 valence electrons. The molecule has 7 nitrogen and oxygen atoms in total. The Morgan fingerprint density at radius 3 is 2.38 bits per heavy atom. The maximum absolute atomic E-state index is 12.9. The van der Waals surface area contributed by atoms with Crippen molar-refractivity contribution in [2.24, 2.45) is 5.16 Å². The first-order valence-corrected chi connectivity index (χ1v) is 10.3. The molecular weight excluding hydrogens is 404 g/mol. The van der Waals surface area contributed by atoms with Crippen molar-refractivity contribution in [3.05, 3.63) is 95.8 Å². The molecule has 0 spiro atoms. The molecule has 0 fully saturated rings. The second-order valence-corrected chi connectivity index (χ2v) is 7.77. The number of amides is 2. The van der Waals surface area contributed by atoms with Gasteiger partial charge in [-0.2, -0.15) is 0 Å². The van der Waals surface area contributed by atoms with E-state index in [-0.39, 0.29) is 11.8 Å². The standard InChI is InChI=1S/C25H24N4O3/c1-29(2)25(31)23(17-7-4-3-5-8-17)18-10-12-20(13-11-18)27-24(30)22-15-21(28-32-22)19-9-6-14-26-16-19/h3-14,16,22-23H,15H2,1-2H3,(H,27,30). The van der Waals surface area contributed by atoms with Crippen LogP contribution >= 0.6 is 0 Å². The molecule has 0 radical (unpaired) electrons. The number of oxime groups is 1. The molecule has 7 heteroatoms. The molecule has 0 saturated carbocycles. The van der Waals surface area contributed by atoms with Gasteiger partial charge in [0.2, 0.25) is 12.0 Å². The van der Waals surface area contributed by atoms with E-state index in [1.54, 1.807) is 43.5 Å². The zero-order chi connectivity index (χ0) is 22.5. The molecule has 32 heavy (non-hydrogen) atoms. The maximum atomic E-state index is 12.9. The Hall–Kier alpha value is -4.00. The highest BCUT2D eigenvalue weighted by Crippen LogP contribution is 2.28. The van der Waals surface area contributed by atoms with Gasteiger partial charge in [-0.3, -0.25) is 14.6 Å². The molecule has 1 N–H and O–H groups in total. The highest BCUT2D eigenvalue weighted by molar-refractivity contribution is 6.06. The molecule has 2 unspecified atom stereocenters.